The van der Waals surface area contributed by atoms with Crippen LogP contribution in [0.2, 0.25) is 0 Å². The van der Waals surface area contributed by atoms with Gasteiger partial charge in [0.1, 0.15) is 11.9 Å². The fourth-order valence-electron chi connectivity index (χ4n) is 8.15. The third-order valence-corrected chi connectivity index (χ3v) is 10.1. The summed E-state index contributed by atoms with van der Waals surface area (Å²) in [6.45, 7) is 5.85. The fraction of sp³-hybridized carbons (Fsp3) is 0.643. The highest BCUT2D eigenvalue weighted by atomic mass is 16.5. The highest BCUT2D eigenvalue weighted by Gasteiger charge is 2.71. The van der Waals surface area contributed by atoms with Crippen LogP contribution in [0.1, 0.15) is 76.1 Å². The summed E-state index contributed by atoms with van der Waals surface area (Å²) < 4.78 is 6.21. The molecule has 2 N–H and O–H groups in total. The molecule has 178 valence electrons. The van der Waals surface area contributed by atoms with Gasteiger partial charge in [-0.1, -0.05) is 43.7 Å². The van der Waals surface area contributed by atoms with Crippen molar-refractivity contribution in [1.29, 1.82) is 0 Å². The maximum atomic E-state index is 13.2. The van der Waals surface area contributed by atoms with Crippen LogP contribution in [0.3, 0.4) is 0 Å². The Morgan fingerprint density at radius 2 is 1.79 bits per heavy atom. The fourth-order valence-corrected chi connectivity index (χ4v) is 8.15. The number of allylic oxidation sites excluding steroid dienone is 1. The first kappa shape index (κ1) is 22.8. The molecular weight excluding hydrogens is 416 g/mol. The number of aliphatic hydroxyl groups is 2. The van der Waals surface area contributed by atoms with Crippen LogP contribution in [-0.4, -0.2) is 39.8 Å². The van der Waals surface area contributed by atoms with Gasteiger partial charge >= 0.3 is 5.97 Å². The molecule has 0 amide bonds. The van der Waals surface area contributed by atoms with Crippen LogP contribution in [0, 0.1) is 28.6 Å². The minimum Gasteiger partial charge on any atom is -0.458 e. The smallest absolute Gasteiger partial charge is 0.338 e. The summed E-state index contributed by atoms with van der Waals surface area (Å²) in [5, 5.41) is 22.7. The average molecular weight is 453 g/mol. The van der Waals surface area contributed by atoms with Gasteiger partial charge in [-0.05, 0) is 81.3 Å². The van der Waals surface area contributed by atoms with E-state index in [-0.39, 0.29) is 35.1 Å². The lowest BCUT2D eigenvalue weighted by Crippen LogP contribution is -2.66. The zero-order valence-electron chi connectivity index (χ0n) is 19.9. The number of Topliss-reactive ketones (excluding diaryl/α,β-unsaturated/α-hetero) is 1. The maximum Gasteiger partial charge on any atom is 0.338 e. The van der Waals surface area contributed by atoms with Gasteiger partial charge in [-0.2, -0.15) is 0 Å². The quantitative estimate of drug-likeness (QED) is 0.522. The van der Waals surface area contributed by atoms with Gasteiger partial charge in [0, 0.05) is 11.3 Å². The molecule has 5 heteroatoms. The highest BCUT2D eigenvalue weighted by molar-refractivity contribution is 5.89. The molecule has 0 heterocycles. The molecule has 5 rings (SSSR count). The summed E-state index contributed by atoms with van der Waals surface area (Å²) in [7, 11) is 0. The van der Waals surface area contributed by atoms with Crippen molar-refractivity contribution in [1.82, 2.24) is 0 Å². The molecule has 0 aromatic heterocycles. The SMILES string of the molecule is CC(=O)[C@@H]1CC[C@]2(O)[C@@H]3CC=C4C[C@@H](O)CC[C@@]4(C)[C@H]3C[C@@H](OC(=O)c3ccccc3)[C@]12C. The van der Waals surface area contributed by atoms with Gasteiger partial charge in [0.2, 0.25) is 0 Å². The monoisotopic (exact) mass is 452 g/mol. The van der Waals surface area contributed by atoms with Crippen LogP contribution in [-0.2, 0) is 9.53 Å². The van der Waals surface area contributed by atoms with E-state index in [0.29, 0.717) is 31.2 Å². The summed E-state index contributed by atoms with van der Waals surface area (Å²) in [5.41, 5.74) is -0.260. The Balaban J connectivity index is 1.57. The molecule has 3 saturated carbocycles. The third kappa shape index (κ3) is 3.19. The molecule has 0 aliphatic heterocycles. The molecule has 8 atom stereocenters. The minimum absolute atomic E-state index is 0.0162. The predicted octanol–water partition coefficient (Wildman–Crippen LogP) is 4.47. The molecule has 1 aromatic carbocycles. The van der Waals surface area contributed by atoms with E-state index in [2.05, 4.69) is 13.0 Å². The van der Waals surface area contributed by atoms with E-state index in [4.69, 9.17) is 4.74 Å². The number of hydrogen-bond donors (Lipinski definition) is 2. The standard InChI is InChI=1S/C28H36O5/c1-17(29)21-12-14-28(32)22-10-9-19-15-20(30)11-13-26(19,2)23(22)16-24(27(21,28)3)33-25(31)18-7-5-4-6-8-18/h4-9,20-24,30,32H,10-16H2,1-3H3/t20-,21-,22+,23-,24+,26+,27-,28-/m0/s1. The van der Waals surface area contributed by atoms with E-state index in [9.17, 15) is 19.8 Å². The van der Waals surface area contributed by atoms with Crippen LogP contribution in [0.5, 0.6) is 0 Å². The average Bonchev–Trinajstić information content (AvgIpc) is 3.08. The molecule has 4 aliphatic carbocycles. The summed E-state index contributed by atoms with van der Waals surface area (Å²) >= 11 is 0. The van der Waals surface area contributed by atoms with Crippen LogP contribution in [0.15, 0.2) is 42.0 Å². The van der Waals surface area contributed by atoms with E-state index in [1.807, 2.05) is 25.1 Å². The van der Waals surface area contributed by atoms with Crippen molar-refractivity contribution in [2.75, 3.05) is 0 Å². The molecular formula is C28H36O5. The van der Waals surface area contributed by atoms with E-state index in [1.54, 1.807) is 19.1 Å². The van der Waals surface area contributed by atoms with Crippen molar-refractivity contribution < 1.29 is 24.5 Å². The molecule has 0 spiro atoms. The first-order valence-corrected chi connectivity index (χ1v) is 12.5. The van der Waals surface area contributed by atoms with Gasteiger partial charge in [-0.3, -0.25) is 4.79 Å². The van der Waals surface area contributed by atoms with Crippen molar-refractivity contribution in [3.63, 3.8) is 0 Å². The lowest BCUT2D eigenvalue weighted by molar-refractivity contribution is -0.224. The second-order valence-electron chi connectivity index (χ2n) is 11.4. The second-order valence-corrected chi connectivity index (χ2v) is 11.4. The Bertz CT molecular complexity index is 985. The molecule has 0 unspecified atom stereocenters. The molecule has 0 saturated heterocycles. The molecule has 1 aromatic rings. The Labute approximate surface area is 196 Å². The van der Waals surface area contributed by atoms with E-state index < -0.39 is 23.1 Å². The summed E-state index contributed by atoms with van der Waals surface area (Å²) in [6, 6.07) is 8.97. The van der Waals surface area contributed by atoms with E-state index in [1.165, 1.54) is 5.57 Å². The first-order valence-electron chi connectivity index (χ1n) is 12.5. The van der Waals surface area contributed by atoms with Gasteiger partial charge < -0.3 is 14.9 Å². The predicted molar refractivity (Wildman–Crippen MR) is 124 cm³/mol. The zero-order chi connectivity index (χ0) is 23.6. The third-order valence-electron chi connectivity index (χ3n) is 10.1. The lowest BCUT2D eigenvalue weighted by Gasteiger charge is -2.62. The first-order chi connectivity index (χ1) is 15.6. The molecule has 0 bridgehead atoms. The van der Waals surface area contributed by atoms with Gasteiger partial charge in [0.15, 0.2) is 0 Å². The normalized spacial score (nSPS) is 44.2. The van der Waals surface area contributed by atoms with Crippen molar-refractivity contribution in [3.8, 4) is 0 Å². The minimum atomic E-state index is -1.07. The van der Waals surface area contributed by atoms with Crippen molar-refractivity contribution >= 4 is 11.8 Å². The molecule has 0 radical (unpaired) electrons. The second kappa shape index (κ2) is 7.78. The number of carbonyl (C=O) groups excluding carboxylic acids is 2. The molecule has 5 nitrogen and oxygen atoms in total. The van der Waals surface area contributed by atoms with Crippen LogP contribution in [0.25, 0.3) is 0 Å². The van der Waals surface area contributed by atoms with Gasteiger partial charge in [-0.25, -0.2) is 4.79 Å². The number of fused-ring (bicyclic) bond motifs is 5. The van der Waals surface area contributed by atoms with E-state index in [0.717, 1.165) is 19.3 Å². The van der Waals surface area contributed by atoms with Gasteiger partial charge in [0.05, 0.1) is 17.3 Å². The number of hydrogen-bond acceptors (Lipinski definition) is 5. The number of benzene rings is 1. The summed E-state index contributed by atoms with van der Waals surface area (Å²) in [5.74, 6) is -0.507. The topological polar surface area (TPSA) is 83.8 Å². The van der Waals surface area contributed by atoms with Crippen molar-refractivity contribution in [2.24, 2.45) is 28.6 Å². The maximum absolute atomic E-state index is 13.2. The van der Waals surface area contributed by atoms with Gasteiger partial charge in [-0.15, -0.1) is 0 Å². The van der Waals surface area contributed by atoms with Crippen molar-refractivity contribution in [3.05, 3.63) is 47.5 Å². The number of ether oxygens (including phenoxy) is 1. The number of carbonyl (C=O) groups is 2. The number of aliphatic hydroxyl groups excluding tert-OH is 1. The molecule has 3 fully saturated rings. The van der Waals surface area contributed by atoms with E-state index >= 15 is 0 Å². The summed E-state index contributed by atoms with van der Waals surface area (Å²) in [4.78, 5) is 25.9. The zero-order valence-corrected chi connectivity index (χ0v) is 19.9. The van der Waals surface area contributed by atoms with Crippen LogP contribution < -0.4 is 0 Å². The summed E-state index contributed by atoms with van der Waals surface area (Å²) in [6.07, 6.45) is 6.25. The lowest BCUT2D eigenvalue weighted by atomic mass is 9.45. The number of esters is 1. The highest BCUT2D eigenvalue weighted by Crippen LogP contribution is 2.68. The Morgan fingerprint density at radius 3 is 2.48 bits per heavy atom. The molecule has 4 aliphatic rings. The van der Waals surface area contributed by atoms with Gasteiger partial charge in [0.25, 0.3) is 0 Å². The Hall–Kier alpha value is -1.98. The van der Waals surface area contributed by atoms with Crippen LogP contribution >= 0.6 is 0 Å². The van der Waals surface area contributed by atoms with Crippen LogP contribution in [0.4, 0.5) is 0 Å². The van der Waals surface area contributed by atoms with Crippen molar-refractivity contribution in [2.45, 2.75) is 83.5 Å². The molecule has 33 heavy (non-hydrogen) atoms. The Kier molecular flexibility index (Phi) is 5.37. The largest absolute Gasteiger partial charge is 0.458 e. The number of rotatable bonds is 3. The Morgan fingerprint density at radius 1 is 1.06 bits per heavy atom. The number of ketones is 1.